The van der Waals surface area contributed by atoms with Gasteiger partial charge < -0.3 is 16.0 Å². The van der Waals surface area contributed by atoms with Crippen molar-refractivity contribution in [1.29, 1.82) is 0 Å². The predicted octanol–water partition coefficient (Wildman–Crippen LogP) is 6.18. The summed E-state index contributed by atoms with van der Waals surface area (Å²) in [6.45, 7) is 1.61. The fourth-order valence-electron chi connectivity index (χ4n) is 5.69. The van der Waals surface area contributed by atoms with Gasteiger partial charge in [-0.05, 0) is 96.0 Å². The molecule has 5 rings (SSSR count). The number of pyridine rings is 1. The lowest BCUT2D eigenvalue weighted by Crippen LogP contribution is -2.43. The minimum Gasteiger partial charge on any atom is -0.343 e. The van der Waals surface area contributed by atoms with Gasteiger partial charge in [-0.3, -0.25) is 9.59 Å². The summed E-state index contributed by atoms with van der Waals surface area (Å²) in [5.41, 5.74) is 11.8. The van der Waals surface area contributed by atoms with Crippen LogP contribution >= 0.6 is 11.3 Å². The van der Waals surface area contributed by atoms with Crippen molar-refractivity contribution in [3.8, 4) is 22.3 Å². The van der Waals surface area contributed by atoms with E-state index in [1.54, 1.807) is 18.3 Å². The number of thiophene rings is 1. The maximum Gasteiger partial charge on any atom is 0.225 e. The molecule has 0 atom stereocenters. The molecule has 37 heavy (non-hydrogen) atoms. The molecule has 0 saturated heterocycles. The summed E-state index contributed by atoms with van der Waals surface area (Å²) >= 11 is 1.65. The van der Waals surface area contributed by atoms with Gasteiger partial charge in [-0.25, -0.2) is 4.98 Å². The van der Waals surface area contributed by atoms with Crippen molar-refractivity contribution in [3.05, 3.63) is 58.9 Å². The number of nitrogens with zero attached hydrogens (tertiary/aromatic N) is 2. The maximum atomic E-state index is 12.9. The molecule has 2 aliphatic carbocycles. The second-order valence-corrected chi connectivity index (χ2v) is 11.6. The summed E-state index contributed by atoms with van der Waals surface area (Å²) in [7, 11) is 1.87. The van der Waals surface area contributed by atoms with Gasteiger partial charge in [-0.1, -0.05) is 24.3 Å². The van der Waals surface area contributed by atoms with Crippen LogP contribution in [0.2, 0.25) is 0 Å². The first-order chi connectivity index (χ1) is 17.8. The fourth-order valence-corrected chi connectivity index (χ4v) is 6.34. The standard InChI is InChI=1S/C30H36N4O2S/c1-20(35)34(2)25-10-4-21(5-11-25)16-29(36)33-28-17-26(23-12-15-37-19-23)27(18-32-28)22-6-8-24(9-7-22)30(31)13-3-14-30/h6-9,12,15,17-19,21,25H,3-5,10-11,13-14,16,31H2,1-2H3,(H,32,33,36). The summed E-state index contributed by atoms with van der Waals surface area (Å²) in [4.78, 5) is 31.0. The molecule has 2 heterocycles. The second kappa shape index (κ2) is 10.8. The van der Waals surface area contributed by atoms with Crippen molar-refractivity contribution in [2.45, 2.75) is 69.9 Å². The number of aromatic nitrogens is 1. The molecule has 6 nitrogen and oxygen atoms in total. The molecular formula is C30H36N4O2S. The summed E-state index contributed by atoms with van der Waals surface area (Å²) in [6.07, 6.45) is 9.44. The number of nitrogens with two attached hydrogens (primary N) is 1. The van der Waals surface area contributed by atoms with Gasteiger partial charge in [-0.2, -0.15) is 11.3 Å². The van der Waals surface area contributed by atoms with E-state index in [0.29, 0.717) is 18.2 Å². The second-order valence-electron chi connectivity index (χ2n) is 10.8. The van der Waals surface area contributed by atoms with E-state index in [1.807, 2.05) is 24.2 Å². The van der Waals surface area contributed by atoms with Gasteiger partial charge in [0.1, 0.15) is 5.82 Å². The van der Waals surface area contributed by atoms with Crippen LogP contribution in [0.4, 0.5) is 5.82 Å². The first-order valence-electron chi connectivity index (χ1n) is 13.3. The van der Waals surface area contributed by atoms with Crippen LogP contribution in [0.3, 0.4) is 0 Å². The Balaban J connectivity index is 1.28. The molecule has 7 heteroatoms. The highest BCUT2D eigenvalue weighted by Gasteiger charge is 2.34. The first kappa shape index (κ1) is 25.6. The molecule has 0 unspecified atom stereocenters. The van der Waals surface area contributed by atoms with Gasteiger partial charge in [-0.15, -0.1) is 0 Å². The molecule has 3 N–H and O–H groups in total. The van der Waals surface area contributed by atoms with E-state index >= 15 is 0 Å². The van der Waals surface area contributed by atoms with Gasteiger partial charge >= 0.3 is 0 Å². The monoisotopic (exact) mass is 516 g/mol. The Morgan fingerprint density at radius 2 is 1.81 bits per heavy atom. The lowest BCUT2D eigenvalue weighted by Gasteiger charge is -2.38. The number of hydrogen-bond donors (Lipinski definition) is 2. The van der Waals surface area contributed by atoms with E-state index in [9.17, 15) is 9.59 Å². The van der Waals surface area contributed by atoms with Gasteiger partial charge in [0.05, 0.1) is 0 Å². The molecule has 0 radical (unpaired) electrons. The Hall–Kier alpha value is -3.03. The Morgan fingerprint density at radius 3 is 2.41 bits per heavy atom. The normalized spacial score (nSPS) is 20.6. The summed E-state index contributed by atoms with van der Waals surface area (Å²) < 4.78 is 0. The van der Waals surface area contributed by atoms with Crippen LogP contribution in [0.1, 0.15) is 63.9 Å². The fraction of sp³-hybridized carbons (Fsp3) is 0.433. The van der Waals surface area contributed by atoms with Crippen molar-refractivity contribution in [3.63, 3.8) is 0 Å². The number of hydrogen-bond acceptors (Lipinski definition) is 5. The zero-order valence-corrected chi connectivity index (χ0v) is 22.5. The van der Waals surface area contributed by atoms with Crippen molar-refractivity contribution in [2.24, 2.45) is 11.7 Å². The quantitative estimate of drug-likeness (QED) is 0.392. The smallest absolute Gasteiger partial charge is 0.225 e. The first-order valence-corrected chi connectivity index (χ1v) is 14.2. The van der Waals surface area contributed by atoms with E-state index in [0.717, 1.165) is 60.8 Å². The van der Waals surface area contributed by atoms with Gasteiger partial charge in [0.25, 0.3) is 0 Å². The number of carbonyl (C=O) groups excluding carboxylic acids is 2. The molecule has 2 aliphatic rings. The molecule has 0 bridgehead atoms. The third kappa shape index (κ3) is 5.63. The largest absolute Gasteiger partial charge is 0.343 e. The molecule has 2 saturated carbocycles. The predicted molar refractivity (Wildman–Crippen MR) is 150 cm³/mol. The minimum atomic E-state index is -0.177. The number of anilines is 1. The molecular weight excluding hydrogens is 480 g/mol. The van der Waals surface area contributed by atoms with Crippen LogP contribution in [0.5, 0.6) is 0 Å². The molecule has 1 aromatic carbocycles. The minimum absolute atomic E-state index is 0.00186. The maximum absolute atomic E-state index is 12.9. The molecule has 0 aliphatic heterocycles. The van der Waals surface area contributed by atoms with E-state index in [4.69, 9.17) is 5.73 Å². The van der Waals surface area contributed by atoms with Crippen LogP contribution in [0, 0.1) is 5.92 Å². The van der Waals surface area contributed by atoms with Crippen molar-refractivity contribution in [2.75, 3.05) is 12.4 Å². The SMILES string of the molecule is CC(=O)N(C)C1CCC(CC(=O)Nc2cc(-c3ccsc3)c(-c3ccc(C4(N)CCC4)cc3)cn2)CC1. The number of carbonyl (C=O) groups is 2. The number of rotatable bonds is 7. The van der Waals surface area contributed by atoms with Crippen LogP contribution in [0.15, 0.2) is 53.4 Å². The van der Waals surface area contributed by atoms with Crippen LogP contribution < -0.4 is 11.1 Å². The summed E-state index contributed by atoms with van der Waals surface area (Å²) in [5.74, 6) is 1.02. The highest BCUT2D eigenvalue weighted by Crippen LogP contribution is 2.40. The van der Waals surface area contributed by atoms with Crippen molar-refractivity contribution >= 4 is 29.0 Å². The van der Waals surface area contributed by atoms with Crippen LogP contribution in [-0.4, -0.2) is 34.8 Å². The lowest BCUT2D eigenvalue weighted by atomic mass is 9.72. The third-order valence-corrected chi connectivity index (χ3v) is 9.04. The average molecular weight is 517 g/mol. The molecule has 194 valence electrons. The van der Waals surface area contributed by atoms with Crippen LogP contribution in [-0.2, 0) is 15.1 Å². The van der Waals surface area contributed by atoms with E-state index in [2.05, 4.69) is 51.4 Å². The third-order valence-electron chi connectivity index (χ3n) is 8.36. The molecule has 3 aromatic rings. The zero-order chi connectivity index (χ0) is 26.0. The Kier molecular flexibility index (Phi) is 7.45. The average Bonchev–Trinajstić information content (AvgIpc) is 3.42. The molecule has 2 fully saturated rings. The topological polar surface area (TPSA) is 88.3 Å². The summed E-state index contributed by atoms with van der Waals surface area (Å²) in [5, 5.41) is 7.23. The van der Waals surface area contributed by atoms with E-state index < -0.39 is 0 Å². The molecule has 2 aromatic heterocycles. The highest BCUT2D eigenvalue weighted by atomic mass is 32.1. The summed E-state index contributed by atoms with van der Waals surface area (Å²) in [6, 6.07) is 12.9. The Bertz CT molecular complexity index is 1240. The highest BCUT2D eigenvalue weighted by molar-refractivity contribution is 7.08. The number of benzene rings is 1. The van der Waals surface area contributed by atoms with Crippen molar-refractivity contribution < 1.29 is 9.59 Å². The van der Waals surface area contributed by atoms with E-state index in [-0.39, 0.29) is 23.4 Å². The van der Waals surface area contributed by atoms with Crippen molar-refractivity contribution in [1.82, 2.24) is 9.88 Å². The zero-order valence-electron chi connectivity index (χ0n) is 21.7. The number of amides is 2. The lowest BCUT2D eigenvalue weighted by molar-refractivity contribution is -0.130. The number of nitrogens with one attached hydrogen (secondary N) is 1. The Morgan fingerprint density at radius 1 is 1.08 bits per heavy atom. The van der Waals surface area contributed by atoms with Gasteiger partial charge in [0, 0.05) is 43.7 Å². The van der Waals surface area contributed by atoms with E-state index in [1.165, 1.54) is 12.0 Å². The van der Waals surface area contributed by atoms with Gasteiger partial charge in [0.15, 0.2) is 0 Å². The van der Waals surface area contributed by atoms with Crippen LogP contribution in [0.25, 0.3) is 22.3 Å². The van der Waals surface area contributed by atoms with Gasteiger partial charge in [0.2, 0.25) is 11.8 Å². The molecule has 2 amide bonds. The Labute approximate surface area is 223 Å². The molecule has 0 spiro atoms.